The van der Waals surface area contributed by atoms with Crippen LogP contribution in [0.3, 0.4) is 0 Å². The van der Waals surface area contributed by atoms with Crippen LogP contribution in [0.15, 0.2) is 36.7 Å². The van der Waals surface area contributed by atoms with Crippen molar-refractivity contribution < 1.29 is 9.53 Å². The normalized spacial score (nSPS) is 14.4. The Balaban J connectivity index is 1.56. The molecule has 0 radical (unpaired) electrons. The van der Waals surface area contributed by atoms with Crippen LogP contribution in [0, 0.1) is 5.92 Å². The Morgan fingerprint density at radius 3 is 2.82 bits per heavy atom. The molecule has 6 nitrogen and oxygen atoms in total. The molecule has 0 spiro atoms. The molecule has 2 heterocycles. The Morgan fingerprint density at radius 1 is 1.41 bits per heavy atom. The van der Waals surface area contributed by atoms with Gasteiger partial charge in [0.2, 0.25) is 0 Å². The van der Waals surface area contributed by atoms with E-state index in [2.05, 4.69) is 15.7 Å². The SMILES string of the molecule is COc1ccc(Cn2cc(C(=O)NCC3CNC3)cn2)cc1. The van der Waals surface area contributed by atoms with E-state index in [1.165, 1.54) is 0 Å². The van der Waals surface area contributed by atoms with Gasteiger partial charge in [-0.15, -0.1) is 0 Å². The average Bonchev–Trinajstić information content (AvgIpc) is 2.95. The summed E-state index contributed by atoms with van der Waals surface area (Å²) < 4.78 is 6.90. The fraction of sp³-hybridized carbons (Fsp3) is 0.375. The first-order chi connectivity index (χ1) is 10.7. The molecule has 1 aromatic carbocycles. The van der Waals surface area contributed by atoms with Crippen LogP contribution >= 0.6 is 0 Å². The zero-order chi connectivity index (χ0) is 15.4. The molecule has 1 aliphatic rings. The number of amides is 1. The summed E-state index contributed by atoms with van der Waals surface area (Å²) in [6.45, 7) is 3.31. The number of methoxy groups -OCH3 is 1. The molecular weight excluding hydrogens is 280 g/mol. The van der Waals surface area contributed by atoms with Gasteiger partial charge in [0.1, 0.15) is 5.75 Å². The second kappa shape index (κ2) is 6.62. The van der Waals surface area contributed by atoms with Crippen LogP contribution in [-0.2, 0) is 6.54 Å². The molecule has 1 aromatic heterocycles. The molecule has 0 bridgehead atoms. The predicted molar refractivity (Wildman–Crippen MR) is 83.0 cm³/mol. The van der Waals surface area contributed by atoms with Crippen LogP contribution in [0.25, 0.3) is 0 Å². The van der Waals surface area contributed by atoms with Gasteiger partial charge in [-0.3, -0.25) is 9.48 Å². The molecule has 0 unspecified atom stereocenters. The first-order valence-corrected chi connectivity index (χ1v) is 7.39. The van der Waals surface area contributed by atoms with Crippen molar-refractivity contribution in [3.05, 3.63) is 47.8 Å². The molecule has 3 rings (SSSR count). The molecule has 1 amide bonds. The highest BCUT2D eigenvalue weighted by Gasteiger charge is 2.18. The largest absolute Gasteiger partial charge is 0.497 e. The third-order valence-corrected chi connectivity index (χ3v) is 3.82. The van der Waals surface area contributed by atoms with Crippen molar-refractivity contribution in [1.82, 2.24) is 20.4 Å². The molecule has 1 saturated heterocycles. The second-order valence-corrected chi connectivity index (χ2v) is 5.51. The van der Waals surface area contributed by atoms with E-state index in [9.17, 15) is 4.79 Å². The quantitative estimate of drug-likeness (QED) is 0.831. The van der Waals surface area contributed by atoms with Gasteiger partial charge in [0.25, 0.3) is 5.91 Å². The Labute approximate surface area is 129 Å². The first-order valence-electron chi connectivity index (χ1n) is 7.39. The maximum Gasteiger partial charge on any atom is 0.254 e. The van der Waals surface area contributed by atoms with Gasteiger partial charge in [-0.1, -0.05) is 12.1 Å². The number of nitrogens with one attached hydrogen (secondary N) is 2. The minimum atomic E-state index is -0.0621. The number of ether oxygens (including phenoxy) is 1. The van der Waals surface area contributed by atoms with E-state index < -0.39 is 0 Å². The van der Waals surface area contributed by atoms with E-state index in [0.717, 1.165) is 30.9 Å². The summed E-state index contributed by atoms with van der Waals surface area (Å²) in [5.41, 5.74) is 1.71. The van der Waals surface area contributed by atoms with Gasteiger partial charge in [0.05, 0.1) is 25.4 Å². The standard InChI is InChI=1S/C16H20N4O2/c1-22-15-4-2-12(3-5-15)10-20-11-14(9-19-20)16(21)18-8-13-6-17-7-13/h2-5,9,11,13,17H,6-8,10H2,1H3,(H,18,21). The van der Waals surface area contributed by atoms with E-state index in [4.69, 9.17) is 4.74 Å². The smallest absolute Gasteiger partial charge is 0.254 e. The zero-order valence-electron chi connectivity index (χ0n) is 12.6. The Kier molecular flexibility index (Phi) is 4.39. The first kappa shape index (κ1) is 14.6. The van der Waals surface area contributed by atoms with Crippen LogP contribution < -0.4 is 15.4 Å². The van der Waals surface area contributed by atoms with Gasteiger partial charge < -0.3 is 15.4 Å². The van der Waals surface area contributed by atoms with Crippen molar-refractivity contribution in [2.45, 2.75) is 6.54 Å². The molecule has 2 aromatic rings. The van der Waals surface area contributed by atoms with Crippen LogP contribution in [0.5, 0.6) is 5.75 Å². The Bertz CT molecular complexity index is 632. The molecule has 1 aliphatic heterocycles. The third kappa shape index (κ3) is 3.46. The molecular formula is C16H20N4O2. The summed E-state index contributed by atoms with van der Waals surface area (Å²) in [7, 11) is 1.65. The fourth-order valence-electron chi connectivity index (χ4n) is 2.32. The molecule has 1 fully saturated rings. The number of hydrogen-bond acceptors (Lipinski definition) is 4. The van der Waals surface area contributed by atoms with E-state index >= 15 is 0 Å². The van der Waals surface area contributed by atoms with Crippen molar-refractivity contribution in [2.24, 2.45) is 5.92 Å². The lowest BCUT2D eigenvalue weighted by Gasteiger charge is -2.26. The second-order valence-electron chi connectivity index (χ2n) is 5.51. The van der Waals surface area contributed by atoms with Crippen LogP contribution in [0.1, 0.15) is 15.9 Å². The molecule has 0 atom stereocenters. The van der Waals surface area contributed by atoms with E-state index in [1.807, 2.05) is 24.3 Å². The monoisotopic (exact) mass is 300 g/mol. The number of carbonyl (C=O) groups excluding carboxylic acids is 1. The number of nitrogens with zero attached hydrogens (tertiary/aromatic N) is 2. The van der Waals surface area contributed by atoms with Gasteiger partial charge in [0.15, 0.2) is 0 Å². The van der Waals surface area contributed by atoms with Crippen molar-refractivity contribution >= 4 is 5.91 Å². The fourth-order valence-corrected chi connectivity index (χ4v) is 2.32. The number of hydrogen-bond donors (Lipinski definition) is 2. The number of rotatable bonds is 6. The summed E-state index contributed by atoms with van der Waals surface area (Å²) in [6, 6.07) is 7.81. The number of carbonyl (C=O) groups is 1. The molecule has 6 heteroatoms. The lowest BCUT2D eigenvalue weighted by molar-refractivity contribution is 0.0942. The molecule has 22 heavy (non-hydrogen) atoms. The van der Waals surface area contributed by atoms with E-state index in [0.29, 0.717) is 18.0 Å². The summed E-state index contributed by atoms with van der Waals surface area (Å²) in [5, 5.41) is 10.4. The van der Waals surface area contributed by atoms with Crippen LogP contribution in [-0.4, -0.2) is 42.4 Å². The molecule has 0 aliphatic carbocycles. The predicted octanol–water partition coefficient (Wildman–Crippen LogP) is 0.889. The highest BCUT2D eigenvalue weighted by molar-refractivity contribution is 5.93. The minimum absolute atomic E-state index is 0.0621. The van der Waals surface area contributed by atoms with Gasteiger partial charge in [-0.25, -0.2) is 0 Å². The lowest BCUT2D eigenvalue weighted by Crippen LogP contribution is -2.48. The van der Waals surface area contributed by atoms with E-state index in [-0.39, 0.29) is 5.91 Å². The van der Waals surface area contributed by atoms with Crippen LogP contribution in [0.4, 0.5) is 0 Å². The Morgan fingerprint density at radius 2 is 2.18 bits per heavy atom. The highest BCUT2D eigenvalue weighted by atomic mass is 16.5. The van der Waals surface area contributed by atoms with Crippen LogP contribution in [0.2, 0.25) is 0 Å². The zero-order valence-corrected chi connectivity index (χ0v) is 12.6. The molecule has 2 N–H and O–H groups in total. The van der Waals surface area contributed by atoms with Gasteiger partial charge >= 0.3 is 0 Å². The van der Waals surface area contributed by atoms with E-state index in [1.54, 1.807) is 24.2 Å². The topological polar surface area (TPSA) is 68.2 Å². The molecule has 116 valence electrons. The number of aromatic nitrogens is 2. The van der Waals surface area contributed by atoms with Gasteiger partial charge in [-0.2, -0.15) is 5.10 Å². The van der Waals surface area contributed by atoms with Gasteiger partial charge in [0, 0.05) is 31.7 Å². The van der Waals surface area contributed by atoms with Crippen molar-refractivity contribution in [1.29, 1.82) is 0 Å². The average molecular weight is 300 g/mol. The highest BCUT2D eigenvalue weighted by Crippen LogP contribution is 2.12. The van der Waals surface area contributed by atoms with Gasteiger partial charge in [-0.05, 0) is 17.7 Å². The summed E-state index contributed by atoms with van der Waals surface area (Å²) in [4.78, 5) is 12.0. The van der Waals surface area contributed by atoms with Crippen molar-refractivity contribution in [3.8, 4) is 5.75 Å². The third-order valence-electron chi connectivity index (χ3n) is 3.82. The maximum absolute atomic E-state index is 12.0. The maximum atomic E-state index is 12.0. The number of benzene rings is 1. The van der Waals surface area contributed by atoms with Crippen molar-refractivity contribution in [2.75, 3.05) is 26.7 Å². The van der Waals surface area contributed by atoms with Crippen molar-refractivity contribution in [3.63, 3.8) is 0 Å². The lowest BCUT2D eigenvalue weighted by atomic mass is 10.0. The molecule has 0 saturated carbocycles. The minimum Gasteiger partial charge on any atom is -0.497 e. The summed E-state index contributed by atoms with van der Waals surface area (Å²) >= 11 is 0. The summed E-state index contributed by atoms with van der Waals surface area (Å²) in [5.74, 6) is 1.32. The Hall–Kier alpha value is -2.34. The summed E-state index contributed by atoms with van der Waals surface area (Å²) in [6.07, 6.45) is 3.39.